The van der Waals surface area contributed by atoms with Crippen LogP contribution in [-0.2, 0) is 20.7 Å². The summed E-state index contributed by atoms with van der Waals surface area (Å²) in [6, 6.07) is 38.0. The molecule has 0 aliphatic carbocycles. The van der Waals surface area contributed by atoms with Gasteiger partial charge in [-0.3, -0.25) is 0 Å². The van der Waals surface area contributed by atoms with Crippen LogP contribution in [0.1, 0.15) is 49.9 Å². The van der Waals surface area contributed by atoms with E-state index in [0.29, 0.717) is 22.3 Å². The van der Waals surface area contributed by atoms with E-state index in [1.165, 1.54) is 0 Å². The summed E-state index contributed by atoms with van der Waals surface area (Å²) in [5.41, 5.74) is -1.10. The molecule has 196 valence electrons. The smallest absolute Gasteiger partial charge is 0.171 e. The van der Waals surface area contributed by atoms with Crippen LogP contribution in [0.25, 0.3) is 0 Å². The van der Waals surface area contributed by atoms with Crippen LogP contribution in [0.5, 0.6) is 0 Å². The van der Waals surface area contributed by atoms with Gasteiger partial charge >= 0.3 is 0 Å². The Labute approximate surface area is 225 Å². The Balaban J connectivity index is 1.80. The summed E-state index contributed by atoms with van der Waals surface area (Å²) < 4.78 is 13.7. The Bertz CT molecular complexity index is 1160. The lowest BCUT2D eigenvalue weighted by Crippen LogP contribution is -2.54. The quantitative estimate of drug-likeness (QED) is 0.316. The number of hydrogen-bond acceptors (Lipinski definition) is 4. The van der Waals surface area contributed by atoms with Gasteiger partial charge < -0.3 is 19.7 Å². The van der Waals surface area contributed by atoms with E-state index in [0.717, 1.165) is 0 Å². The molecule has 0 aromatic heterocycles. The second-order valence-corrected chi connectivity index (χ2v) is 11.3. The van der Waals surface area contributed by atoms with E-state index < -0.39 is 34.6 Å². The summed E-state index contributed by atoms with van der Waals surface area (Å²) in [6.45, 7) is 8.02. The molecule has 1 aliphatic heterocycles. The van der Waals surface area contributed by atoms with Gasteiger partial charge in [0.25, 0.3) is 0 Å². The van der Waals surface area contributed by atoms with Gasteiger partial charge in [0, 0.05) is 5.41 Å². The van der Waals surface area contributed by atoms with Crippen LogP contribution in [0, 0.1) is 5.41 Å². The summed E-state index contributed by atoms with van der Waals surface area (Å²) in [6.07, 6.45) is -1.94. The molecule has 1 heterocycles. The van der Waals surface area contributed by atoms with Crippen molar-refractivity contribution in [3.8, 4) is 0 Å². The van der Waals surface area contributed by atoms with Crippen LogP contribution in [0.2, 0.25) is 0 Å². The highest BCUT2D eigenvalue weighted by molar-refractivity contribution is 5.43. The second kappa shape index (κ2) is 9.79. The van der Waals surface area contributed by atoms with Gasteiger partial charge in [0.05, 0.1) is 0 Å². The Morgan fingerprint density at radius 1 is 0.500 bits per heavy atom. The van der Waals surface area contributed by atoms with Gasteiger partial charge in [0.2, 0.25) is 0 Å². The first-order valence-corrected chi connectivity index (χ1v) is 13.1. The molecule has 0 amide bonds. The Morgan fingerprint density at radius 3 is 0.947 bits per heavy atom. The molecule has 0 bridgehead atoms. The fourth-order valence-electron chi connectivity index (χ4n) is 5.36. The molecule has 4 heteroatoms. The Morgan fingerprint density at radius 2 is 0.737 bits per heavy atom. The van der Waals surface area contributed by atoms with Gasteiger partial charge in [-0.25, -0.2) is 0 Å². The van der Waals surface area contributed by atoms with Crippen molar-refractivity contribution in [2.24, 2.45) is 5.41 Å². The molecule has 5 rings (SSSR count). The second-order valence-electron chi connectivity index (χ2n) is 11.3. The molecule has 1 aliphatic rings. The molecule has 4 aromatic rings. The number of aliphatic hydroxyl groups is 2. The van der Waals surface area contributed by atoms with Gasteiger partial charge in [-0.1, -0.05) is 142 Å². The van der Waals surface area contributed by atoms with Crippen molar-refractivity contribution in [1.29, 1.82) is 0 Å². The number of benzene rings is 4. The maximum Gasteiger partial charge on any atom is 0.171 e. The first kappa shape index (κ1) is 26.3. The monoisotopic (exact) mass is 508 g/mol. The maximum atomic E-state index is 12.9. The Hall–Kier alpha value is -3.28. The van der Waals surface area contributed by atoms with Crippen molar-refractivity contribution < 1.29 is 19.7 Å². The van der Waals surface area contributed by atoms with E-state index in [2.05, 4.69) is 0 Å². The third-order valence-corrected chi connectivity index (χ3v) is 8.02. The molecule has 38 heavy (non-hydrogen) atoms. The molecule has 2 atom stereocenters. The van der Waals surface area contributed by atoms with E-state index in [-0.39, 0.29) is 0 Å². The van der Waals surface area contributed by atoms with Crippen molar-refractivity contribution in [2.75, 3.05) is 0 Å². The summed E-state index contributed by atoms with van der Waals surface area (Å²) in [4.78, 5) is 0. The standard InChI is InChI=1S/C34H36O4/c1-31(2,3)32(4)37-29(33(35,25-17-9-5-10-18-25)26-19-11-6-12-20-26)30(38-32)34(36,27-21-13-7-14-22-27)28-23-15-8-16-24-28/h5-24,29-30,35-36H,1-4H3/t29-,30-/m1/s1. The van der Waals surface area contributed by atoms with E-state index in [4.69, 9.17) is 9.47 Å². The molecule has 0 saturated carbocycles. The molecule has 0 unspecified atom stereocenters. The lowest BCUT2D eigenvalue weighted by atomic mass is 9.72. The summed E-state index contributed by atoms with van der Waals surface area (Å²) in [5.74, 6) is -1.11. The average molecular weight is 509 g/mol. The van der Waals surface area contributed by atoms with Crippen LogP contribution < -0.4 is 0 Å². The molecular formula is C34H36O4. The van der Waals surface area contributed by atoms with Gasteiger partial charge in [-0.2, -0.15) is 0 Å². The third-order valence-electron chi connectivity index (χ3n) is 8.02. The van der Waals surface area contributed by atoms with Gasteiger partial charge in [0.1, 0.15) is 23.4 Å². The van der Waals surface area contributed by atoms with Crippen LogP contribution in [0.4, 0.5) is 0 Å². The molecule has 0 radical (unpaired) electrons. The number of rotatable bonds is 6. The van der Waals surface area contributed by atoms with Crippen molar-refractivity contribution >= 4 is 0 Å². The minimum atomic E-state index is -1.63. The highest BCUT2D eigenvalue weighted by Gasteiger charge is 2.64. The highest BCUT2D eigenvalue weighted by Crippen LogP contribution is 2.54. The largest absolute Gasteiger partial charge is 0.378 e. The fraction of sp³-hybridized carbons (Fsp3) is 0.294. The third kappa shape index (κ3) is 4.28. The van der Waals surface area contributed by atoms with Crippen LogP contribution in [0.3, 0.4) is 0 Å². The topological polar surface area (TPSA) is 58.9 Å². The summed E-state index contributed by atoms with van der Waals surface area (Å²) >= 11 is 0. The lowest BCUT2D eigenvalue weighted by molar-refractivity contribution is -0.240. The van der Waals surface area contributed by atoms with Crippen molar-refractivity contribution in [3.05, 3.63) is 144 Å². The highest BCUT2D eigenvalue weighted by atomic mass is 16.8. The summed E-state index contributed by atoms with van der Waals surface area (Å²) in [5, 5.41) is 25.7. The zero-order valence-corrected chi connectivity index (χ0v) is 22.4. The van der Waals surface area contributed by atoms with Crippen molar-refractivity contribution in [2.45, 2.75) is 56.9 Å². The molecule has 2 N–H and O–H groups in total. The number of hydrogen-bond donors (Lipinski definition) is 2. The minimum Gasteiger partial charge on any atom is -0.378 e. The minimum absolute atomic E-state index is 0.470. The molecule has 0 spiro atoms. The molecule has 1 fully saturated rings. The van der Waals surface area contributed by atoms with Crippen LogP contribution >= 0.6 is 0 Å². The SMILES string of the molecule is CC(C)(C)C1(C)O[C@@H](C(O)(c2ccccc2)c2ccccc2)[C@H](C(O)(c2ccccc2)c2ccccc2)O1. The number of ether oxygens (including phenoxy) is 2. The van der Waals surface area contributed by atoms with Crippen LogP contribution in [-0.4, -0.2) is 28.2 Å². The molecule has 4 aromatic carbocycles. The van der Waals surface area contributed by atoms with E-state index >= 15 is 0 Å². The predicted molar refractivity (Wildman–Crippen MR) is 149 cm³/mol. The first-order chi connectivity index (χ1) is 18.1. The van der Waals surface area contributed by atoms with E-state index in [9.17, 15) is 10.2 Å². The zero-order chi connectivity index (χ0) is 27.0. The van der Waals surface area contributed by atoms with Gasteiger partial charge in [0.15, 0.2) is 5.79 Å². The zero-order valence-electron chi connectivity index (χ0n) is 22.4. The predicted octanol–water partition coefficient (Wildman–Crippen LogP) is 6.40. The lowest BCUT2D eigenvalue weighted by Gasteiger charge is -2.42. The normalized spacial score (nSPS) is 19.8. The first-order valence-electron chi connectivity index (χ1n) is 13.1. The average Bonchev–Trinajstić information content (AvgIpc) is 3.34. The molecule has 4 nitrogen and oxygen atoms in total. The Kier molecular flexibility index (Phi) is 6.79. The van der Waals surface area contributed by atoms with Gasteiger partial charge in [-0.05, 0) is 29.2 Å². The molecular weight excluding hydrogens is 472 g/mol. The summed E-state index contributed by atoms with van der Waals surface area (Å²) in [7, 11) is 0. The van der Waals surface area contributed by atoms with E-state index in [1.807, 2.05) is 149 Å². The van der Waals surface area contributed by atoms with Gasteiger partial charge in [-0.15, -0.1) is 0 Å². The van der Waals surface area contributed by atoms with E-state index in [1.54, 1.807) is 0 Å². The maximum absolute atomic E-state index is 12.9. The molecule has 1 saturated heterocycles. The van der Waals surface area contributed by atoms with Crippen molar-refractivity contribution in [1.82, 2.24) is 0 Å². The van der Waals surface area contributed by atoms with Crippen LogP contribution in [0.15, 0.2) is 121 Å². The fourth-order valence-corrected chi connectivity index (χ4v) is 5.36. The van der Waals surface area contributed by atoms with Crippen molar-refractivity contribution in [3.63, 3.8) is 0 Å².